The van der Waals surface area contributed by atoms with Gasteiger partial charge in [-0.3, -0.25) is 9.59 Å². The van der Waals surface area contributed by atoms with E-state index in [2.05, 4.69) is 6.92 Å². The number of alkyl halides is 1. The quantitative estimate of drug-likeness (QED) is 0.676. The molecule has 1 saturated carbocycles. The molecule has 1 N–H and O–H groups in total. The number of halogens is 1. The van der Waals surface area contributed by atoms with Crippen LogP contribution in [0, 0.1) is 11.8 Å². The number of aromatic hydroxyl groups is 1. The summed E-state index contributed by atoms with van der Waals surface area (Å²) in [6.45, 7) is 2.37. The van der Waals surface area contributed by atoms with Gasteiger partial charge in [0, 0.05) is 11.9 Å². The van der Waals surface area contributed by atoms with Gasteiger partial charge in [0.2, 0.25) is 0 Å². The van der Waals surface area contributed by atoms with E-state index in [9.17, 15) is 14.7 Å². The molecule has 1 fully saturated rings. The first-order chi connectivity index (χ1) is 15.9. The number of phenolic OH excluding ortho intramolecular Hbond substituents is 1. The number of nitrogens with zero attached hydrogens (tertiary/aromatic N) is 1. The smallest absolute Gasteiger partial charge is 0.290 e. The molecule has 33 heavy (non-hydrogen) atoms. The first kappa shape index (κ1) is 21.8. The first-order valence-corrected chi connectivity index (χ1v) is 11.6. The highest BCUT2D eigenvalue weighted by Crippen LogP contribution is 2.49. The molecule has 0 radical (unpaired) electrons. The number of benzene rings is 2. The van der Waals surface area contributed by atoms with Crippen molar-refractivity contribution < 1.29 is 24.2 Å². The van der Waals surface area contributed by atoms with Gasteiger partial charge in [0.25, 0.3) is 5.91 Å². The van der Waals surface area contributed by atoms with Crippen LogP contribution in [0.3, 0.4) is 0 Å². The highest BCUT2D eigenvalue weighted by atomic mass is 35.5. The van der Waals surface area contributed by atoms with Crippen molar-refractivity contribution in [2.45, 2.75) is 43.8 Å². The predicted molar refractivity (Wildman–Crippen MR) is 123 cm³/mol. The number of Topliss-reactive ketones (excluding diaryl/α,β-unsaturated/α-hetero) is 1. The van der Waals surface area contributed by atoms with Crippen LogP contribution in [0.2, 0.25) is 0 Å². The Morgan fingerprint density at radius 2 is 1.91 bits per heavy atom. The third-order valence-electron chi connectivity index (χ3n) is 7.02. The summed E-state index contributed by atoms with van der Waals surface area (Å²) in [4.78, 5) is 29.1. The number of fused-ring (bicyclic) bond motifs is 1. The van der Waals surface area contributed by atoms with Crippen molar-refractivity contribution in [2.24, 2.45) is 11.8 Å². The molecule has 2 heterocycles. The number of hydrogen-bond donors (Lipinski definition) is 1. The van der Waals surface area contributed by atoms with Crippen LogP contribution in [-0.2, 0) is 20.9 Å². The van der Waals surface area contributed by atoms with E-state index in [1.165, 1.54) is 13.2 Å². The SMILES string of the molecule is COc1cc(C2C3=C(OC4CC(C)C(Cl)CC4C3=O)C(=O)N2Cc2ccccc2)ccc1O. The van der Waals surface area contributed by atoms with Crippen molar-refractivity contribution in [2.75, 3.05) is 7.11 Å². The van der Waals surface area contributed by atoms with Crippen LogP contribution in [0.15, 0.2) is 59.9 Å². The van der Waals surface area contributed by atoms with Gasteiger partial charge in [-0.15, -0.1) is 11.6 Å². The molecule has 3 aliphatic rings. The monoisotopic (exact) mass is 467 g/mol. The van der Waals surface area contributed by atoms with Crippen molar-refractivity contribution in [1.29, 1.82) is 0 Å². The Balaban J connectivity index is 1.60. The van der Waals surface area contributed by atoms with Crippen molar-refractivity contribution in [3.63, 3.8) is 0 Å². The van der Waals surface area contributed by atoms with E-state index in [0.717, 1.165) is 5.56 Å². The Labute approximate surface area is 197 Å². The van der Waals surface area contributed by atoms with Crippen molar-refractivity contribution in [3.05, 3.63) is 71.0 Å². The lowest BCUT2D eigenvalue weighted by atomic mass is 9.74. The van der Waals surface area contributed by atoms with Gasteiger partial charge in [0.15, 0.2) is 23.0 Å². The lowest BCUT2D eigenvalue weighted by molar-refractivity contribution is -0.136. The molecule has 7 heteroatoms. The summed E-state index contributed by atoms with van der Waals surface area (Å²) in [7, 11) is 1.47. The second-order valence-corrected chi connectivity index (χ2v) is 9.65. The second kappa shape index (κ2) is 8.41. The van der Waals surface area contributed by atoms with E-state index in [1.807, 2.05) is 30.3 Å². The largest absolute Gasteiger partial charge is 0.504 e. The Kier molecular flexibility index (Phi) is 5.57. The van der Waals surface area contributed by atoms with Crippen LogP contribution in [0.5, 0.6) is 11.5 Å². The fourth-order valence-electron chi connectivity index (χ4n) is 5.22. The number of phenols is 1. The third kappa shape index (κ3) is 3.66. The summed E-state index contributed by atoms with van der Waals surface area (Å²) in [5, 5.41) is 9.99. The van der Waals surface area contributed by atoms with E-state index < -0.39 is 6.04 Å². The number of carbonyl (C=O) groups excluding carboxylic acids is 2. The number of hydrogen-bond acceptors (Lipinski definition) is 5. The van der Waals surface area contributed by atoms with E-state index in [4.69, 9.17) is 21.1 Å². The van der Waals surface area contributed by atoms with Crippen LogP contribution >= 0.6 is 11.6 Å². The molecule has 1 aliphatic carbocycles. The molecule has 1 amide bonds. The second-order valence-electron chi connectivity index (χ2n) is 9.09. The predicted octanol–water partition coefficient (Wildman–Crippen LogP) is 4.36. The zero-order valence-corrected chi connectivity index (χ0v) is 19.3. The number of amides is 1. The standard InChI is InChI=1S/C26H26ClNO5/c1-14-10-20-17(12-18(14)27)24(30)22-23(16-8-9-19(29)21(11-16)32-2)28(26(31)25(22)33-20)13-15-6-4-3-5-7-15/h3-9,11,14,17-18,20,23,29H,10,12-13H2,1-2H3. The van der Waals surface area contributed by atoms with Gasteiger partial charge in [0.1, 0.15) is 6.10 Å². The van der Waals surface area contributed by atoms with Crippen LogP contribution in [0.4, 0.5) is 0 Å². The van der Waals surface area contributed by atoms with E-state index >= 15 is 0 Å². The molecular weight excluding hydrogens is 442 g/mol. The number of ether oxygens (including phenoxy) is 2. The maximum absolute atomic E-state index is 13.8. The molecule has 2 aromatic carbocycles. The minimum absolute atomic E-state index is 0.00748. The average molecular weight is 468 g/mol. The summed E-state index contributed by atoms with van der Waals surface area (Å²) >= 11 is 6.52. The summed E-state index contributed by atoms with van der Waals surface area (Å²) in [6, 6.07) is 13.9. The minimum Gasteiger partial charge on any atom is -0.504 e. The molecule has 2 aromatic rings. The number of carbonyl (C=O) groups is 2. The summed E-state index contributed by atoms with van der Waals surface area (Å²) < 4.78 is 11.5. The molecule has 5 unspecified atom stereocenters. The molecular formula is C26H26ClNO5. The molecule has 6 nitrogen and oxygen atoms in total. The van der Waals surface area contributed by atoms with Crippen LogP contribution in [0.25, 0.3) is 0 Å². The Morgan fingerprint density at radius 3 is 2.64 bits per heavy atom. The van der Waals surface area contributed by atoms with Gasteiger partial charge in [0.05, 0.1) is 24.6 Å². The van der Waals surface area contributed by atoms with Gasteiger partial charge >= 0.3 is 0 Å². The lowest BCUT2D eigenvalue weighted by Gasteiger charge is -2.40. The zero-order chi connectivity index (χ0) is 23.3. The van der Waals surface area contributed by atoms with E-state index in [-0.39, 0.29) is 52.3 Å². The number of methoxy groups -OCH3 is 1. The fraction of sp³-hybridized carbons (Fsp3) is 0.385. The lowest BCUT2D eigenvalue weighted by Crippen LogP contribution is -2.44. The zero-order valence-electron chi connectivity index (χ0n) is 18.5. The average Bonchev–Trinajstić information content (AvgIpc) is 3.08. The first-order valence-electron chi connectivity index (χ1n) is 11.2. The highest BCUT2D eigenvalue weighted by molar-refractivity contribution is 6.21. The van der Waals surface area contributed by atoms with Crippen LogP contribution < -0.4 is 4.74 Å². The molecule has 2 aliphatic heterocycles. The minimum atomic E-state index is -0.635. The molecule has 0 saturated heterocycles. The Morgan fingerprint density at radius 1 is 1.15 bits per heavy atom. The van der Waals surface area contributed by atoms with E-state index in [1.54, 1.807) is 17.0 Å². The van der Waals surface area contributed by atoms with Gasteiger partial charge in [-0.2, -0.15) is 0 Å². The summed E-state index contributed by atoms with van der Waals surface area (Å²) in [5.41, 5.74) is 2.00. The fourth-order valence-corrected chi connectivity index (χ4v) is 5.51. The molecule has 0 aromatic heterocycles. The Bertz CT molecular complexity index is 1130. The molecule has 5 rings (SSSR count). The third-order valence-corrected chi connectivity index (χ3v) is 7.63. The summed E-state index contributed by atoms with van der Waals surface area (Å²) in [6.07, 6.45) is 0.837. The maximum Gasteiger partial charge on any atom is 0.290 e. The maximum atomic E-state index is 13.8. The van der Waals surface area contributed by atoms with Gasteiger partial charge in [-0.25, -0.2) is 0 Å². The van der Waals surface area contributed by atoms with Crippen LogP contribution in [-0.4, -0.2) is 40.3 Å². The van der Waals surface area contributed by atoms with Gasteiger partial charge < -0.3 is 19.5 Å². The molecule has 0 spiro atoms. The molecule has 172 valence electrons. The van der Waals surface area contributed by atoms with Crippen LogP contribution in [0.1, 0.15) is 36.9 Å². The topological polar surface area (TPSA) is 76.1 Å². The van der Waals surface area contributed by atoms with E-state index in [0.29, 0.717) is 30.5 Å². The highest BCUT2D eigenvalue weighted by Gasteiger charge is 2.53. The Hall–Kier alpha value is -2.99. The number of rotatable bonds is 4. The van der Waals surface area contributed by atoms with Crippen molar-refractivity contribution in [3.8, 4) is 11.5 Å². The molecule has 5 atom stereocenters. The normalized spacial score (nSPS) is 28.9. The van der Waals surface area contributed by atoms with Crippen molar-refractivity contribution >= 4 is 23.3 Å². The number of ketones is 1. The van der Waals surface area contributed by atoms with Gasteiger partial charge in [-0.05, 0) is 42.0 Å². The molecule has 0 bridgehead atoms. The summed E-state index contributed by atoms with van der Waals surface area (Å²) in [5.74, 6) is -0.104. The van der Waals surface area contributed by atoms with Gasteiger partial charge in [-0.1, -0.05) is 43.3 Å². The van der Waals surface area contributed by atoms with Crippen molar-refractivity contribution in [1.82, 2.24) is 4.90 Å².